The number of benzene rings is 1. The summed E-state index contributed by atoms with van der Waals surface area (Å²) < 4.78 is 11.6. The first-order valence-electron chi connectivity index (χ1n) is 14.1. The fourth-order valence-electron chi connectivity index (χ4n) is 6.02. The van der Waals surface area contributed by atoms with Gasteiger partial charge in [0.25, 0.3) is 11.8 Å². The van der Waals surface area contributed by atoms with Crippen molar-refractivity contribution in [3.8, 4) is 5.75 Å². The number of carbonyl (C=O) groups excluding carboxylic acids is 5. The molecule has 11 heteroatoms. The molecule has 4 aliphatic rings. The third-order valence-corrected chi connectivity index (χ3v) is 8.27. The molecule has 1 N–H and O–H groups in total. The molecule has 1 aromatic carbocycles. The number of amides is 4. The first-order valence-corrected chi connectivity index (χ1v) is 14.1. The number of hydrogen-bond acceptors (Lipinski definition) is 9. The van der Waals surface area contributed by atoms with E-state index in [1.54, 1.807) is 18.2 Å². The molecule has 1 atom stereocenters. The molecule has 11 nitrogen and oxygen atoms in total. The van der Waals surface area contributed by atoms with Crippen LogP contribution in [0.15, 0.2) is 18.2 Å². The topological polar surface area (TPSA) is 126 Å². The summed E-state index contributed by atoms with van der Waals surface area (Å²) in [7, 11) is 2.15. The molecule has 2 saturated heterocycles. The number of nitrogens with zero attached hydrogens (tertiary/aromatic N) is 3. The Morgan fingerprint density at radius 3 is 2.33 bits per heavy atom. The van der Waals surface area contributed by atoms with E-state index in [1.165, 1.54) is 0 Å². The summed E-state index contributed by atoms with van der Waals surface area (Å²) >= 11 is 0. The number of rotatable bonds is 7. The number of piperidine rings is 2. The SMILES string of the molecule is CN(C1CCN(CC(=O)OC(C)(C)C)CC1)C1CC(Oc2ccc3c(c2)C(=O)N(C2CCC(=O)NC2=O)C3=O)C1. The van der Waals surface area contributed by atoms with Crippen molar-refractivity contribution in [1.82, 2.24) is 20.0 Å². The summed E-state index contributed by atoms with van der Waals surface area (Å²) in [5.41, 5.74) is -0.00828. The van der Waals surface area contributed by atoms with Crippen LogP contribution in [0, 0.1) is 0 Å². The van der Waals surface area contributed by atoms with Crippen LogP contribution in [0.25, 0.3) is 0 Å². The van der Waals surface area contributed by atoms with E-state index in [-0.39, 0.29) is 36.0 Å². The molecule has 0 bridgehead atoms. The summed E-state index contributed by atoms with van der Waals surface area (Å²) in [6.07, 6.45) is 3.93. The summed E-state index contributed by atoms with van der Waals surface area (Å²) in [4.78, 5) is 67.4. The fraction of sp³-hybridized carbons (Fsp3) is 0.621. The van der Waals surface area contributed by atoms with Gasteiger partial charge in [-0.15, -0.1) is 0 Å². The quantitative estimate of drug-likeness (QED) is 0.396. The number of esters is 1. The predicted molar refractivity (Wildman–Crippen MR) is 144 cm³/mol. The van der Waals surface area contributed by atoms with Gasteiger partial charge in [0.15, 0.2) is 0 Å². The molecule has 3 fully saturated rings. The van der Waals surface area contributed by atoms with Crippen molar-refractivity contribution >= 4 is 29.6 Å². The Balaban J connectivity index is 1.10. The van der Waals surface area contributed by atoms with Gasteiger partial charge in [-0.2, -0.15) is 0 Å². The van der Waals surface area contributed by atoms with Crippen LogP contribution >= 0.6 is 0 Å². The predicted octanol–water partition coefficient (Wildman–Crippen LogP) is 1.74. The number of ether oxygens (including phenoxy) is 2. The molecule has 1 aromatic rings. The highest BCUT2D eigenvalue weighted by Crippen LogP contribution is 2.35. The van der Waals surface area contributed by atoms with E-state index in [0.717, 1.165) is 43.7 Å². The van der Waals surface area contributed by atoms with Crippen LogP contribution in [0.1, 0.15) is 80.0 Å². The Bertz CT molecular complexity index is 1210. The first kappa shape index (κ1) is 28.2. The highest BCUT2D eigenvalue weighted by atomic mass is 16.6. The van der Waals surface area contributed by atoms with E-state index in [9.17, 15) is 24.0 Å². The lowest BCUT2D eigenvalue weighted by atomic mass is 9.86. The summed E-state index contributed by atoms with van der Waals surface area (Å²) in [5, 5.41) is 2.21. The zero-order valence-corrected chi connectivity index (χ0v) is 23.6. The molecule has 3 aliphatic heterocycles. The van der Waals surface area contributed by atoms with Crippen LogP contribution in [-0.4, -0.2) is 101 Å². The Kier molecular flexibility index (Phi) is 7.71. The molecule has 0 radical (unpaired) electrons. The first-order chi connectivity index (χ1) is 18.9. The van der Waals surface area contributed by atoms with Crippen LogP contribution in [0.2, 0.25) is 0 Å². The van der Waals surface area contributed by atoms with E-state index in [4.69, 9.17) is 9.47 Å². The van der Waals surface area contributed by atoms with Crippen molar-refractivity contribution in [1.29, 1.82) is 0 Å². The third-order valence-electron chi connectivity index (χ3n) is 8.27. The van der Waals surface area contributed by atoms with Crippen molar-refractivity contribution in [2.45, 2.75) is 89.1 Å². The van der Waals surface area contributed by atoms with Crippen LogP contribution in [0.3, 0.4) is 0 Å². The second-order valence-corrected chi connectivity index (χ2v) is 12.3. The number of carbonyl (C=O) groups is 5. The average Bonchev–Trinajstić information content (AvgIpc) is 3.09. The van der Waals surface area contributed by atoms with Gasteiger partial charge in [-0.25, -0.2) is 0 Å². The van der Waals surface area contributed by atoms with Crippen molar-refractivity contribution in [2.75, 3.05) is 26.7 Å². The lowest BCUT2D eigenvalue weighted by Gasteiger charge is -2.46. The second-order valence-electron chi connectivity index (χ2n) is 12.3. The highest BCUT2D eigenvalue weighted by molar-refractivity contribution is 6.23. The van der Waals surface area contributed by atoms with E-state index < -0.39 is 35.3 Å². The molecular weight excluding hydrogens is 516 g/mol. The van der Waals surface area contributed by atoms with Gasteiger partial charge in [0.2, 0.25) is 11.8 Å². The fourth-order valence-corrected chi connectivity index (χ4v) is 6.02. The molecule has 216 valence electrons. The molecular formula is C29H38N4O7. The maximum absolute atomic E-state index is 13.1. The highest BCUT2D eigenvalue weighted by Gasteiger charge is 2.45. The van der Waals surface area contributed by atoms with Crippen LogP contribution < -0.4 is 10.1 Å². The maximum Gasteiger partial charge on any atom is 0.320 e. The van der Waals surface area contributed by atoms with Gasteiger partial charge >= 0.3 is 5.97 Å². The number of nitrogens with one attached hydrogen (secondary N) is 1. The molecule has 0 spiro atoms. The number of likely N-dealkylation sites (tertiary alicyclic amines) is 1. The third kappa shape index (κ3) is 5.90. The molecule has 5 rings (SSSR count). The van der Waals surface area contributed by atoms with Crippen molar-refractivity contribution in [3.63, 3.8) is 0 Å². The normalized spacial score (nSPS) is 26.0. The lowest BCUT2D eigenvalue weighted by Crippen LogP contribution is -2.54. The lowest BCUT2D eigenvalue weighted by molar-refractivity contribution is -0.156. The van der Waals surface area contributed by atoms with Gasteiger partial charge in [0.1, 0.15) is 23.5 Å². The molecule has 1 saturated carbocycles. The van der Waals surface area contributed by atoms with E-state index in [1.807, 2.05) is 20.8 Å². The second kappa shape index (κ2) is 10.9. The van der Waals surface area contributed by atoms with E-state index in [0.29, 0.717) is 24.4 Å². The number of imide groups is 2. The monoisotopic (exact) mass is 554 g/mol. The number of fused-ring (bicyclic) bond motifs is 1. The molecule has 40 heavy (non-hydrogen) atoms. The zero-order valence-electron chi connectivity index (χ0n) is 23.6. The van der Waals surface area contributed by atoms with E-state index in [2.05, 4.69) is 22.2 Å². The Morgan fingerprint density at radius 2 is 1.68 bits per heavy atom. The molecule has 1 unspecified atom stereocenters. The molecule has 3 heterocycles. The molecule has 0 aromatic heterocycles. The van der Waals surface area contributed by atoms with Crippen LogP contribution in [-0.2, 0) is 19.1 Å². The van der Waals surface area contributed by atoms with Gasteiger partial charge in [-0.1, -0.05) is 0 Å². The smallest absolute Gasteiger partial charge is 0.320 e. The van der Waals surface area contributed by atoms with Crippen LogP contribution in [0.4, 0.5) is 0 Å². The van der Waals surface area contributed by atoms with Gasteiger partial charge in [0.05, 0.1) is 17.7 Å². The molecule has 4 amide bonds. The summed E-state index contributed by atoms with van der Waals surface area (Å²) in [5.74, 6) is -1.75. The Labute approximate surface area is 234 Å². The minimum absolute atomic E-state index is 0.0104. The van der Waals surface area contributed by atoms with Crippen LogP contribution in [0.5, 0.6) is 5.75 Å². The minimum Gasteiger partial charge on any atom is -0.490 e. The number of hydrogen-bond donors (Lipinski definition) is 1. The Morgan fingerprint density at radius 1 is 1.00 bits per heavy atom. The van der Waals surface area contributed by atoms with E-state index >= 15 is 0 Å². The van der Waals surface area contributed by atoms with Gasteiger partial charge < -0.3 is 14.4 Å². The zero-order chi connectivity index (χ0) is 28.8. The van der Waals surface area contributed by atoms with Crippen molar-refractivity contribution in [3.05, 3.63) is 29.3 Å². The van der Waals surface area contributed by atoms with Gasteiger partial charge in [-0.3, -0.25) is 39.1 Å². The Hall–Kier alpha value is -3.31. The summed E-state index contributed by atoms with van der Waals surface area (Å²) in [6, 6.07) is 4.70. The summed E-state index contributed by atoms with van der Waals surface area (Å²) in [6.45, 7) is 7.68. The van der Waals surface area contributed by atoms with Crippen molar-refractivity contribution < 1.29 is 33.4 Å². The standard InChI is InChI=1S/C29H38N4O7/c1-29(2,3)40-25(35)16-32-11-9-17(10-12-32)31(4)18-13-20(14-18)39-19-5-6-21-22(15-19)28(38)33(27(21)37)23-7-8-24(34)30-26(23)36/h5-6,15,17-18,20,23H,7-14,16H2,1-4H3,(H,30,34,36). The van der Waals surface area contributed by atoms with Gasteiger partial charge in [-0.05, 0) is 65.3 Å². The largest absolute Gasteiger partial charge is 0.490 e. The maximum atomic E-state index is 13.1. The van der Waals surface area contributed by atoms with Gasteiger partial charge in [0, 0.05) is 44.4 Å². The molecule has 1 aliphatic carbocycles. The minimum atomic E-state index is -0.985. The van der Waals surface area contributed by atoms with Crippen molar-refractivity contribution in [2.24, 2.45) is 0 Å². The average molecular weight is 555 g/mol.